The van der Waals surface area contributed by atoms with E-state index in [1.54, 1.807) is 4.57 Å². The highest BCUT2D eigenvalue weighted by Crippen LogP contribution is 2.35. The third-order valence-electron chi connectivity index (χ3n) is 6.88. The molecule has 0 unspecified atom stereocenters. The summed E-state index contributed by atoms with van der Waals surface area (Å²) in [5, 5.41) is 19.1. The predicted molar refractivity (Wildman–Crippen MR) is 148 cm³/mol. The molecule has 7 heteroatoms. The van der Waals surface area contributed by atoms with Gasteiger partial charge in [-0.05, 0) is 30.0 Å². The predicted octanol–water partition coefficient (Wildman–Crippen LogP) is 7.87. The van der Waals surface area contributed by atoms with Crippen LogP contribution in [0, 0.1) is 0 Å². The molecule has 0 fully saturated rings. The molecule has 0 atom stereocenters. The van der Waals surface area contributed by atoms with Gasteiger partial charge in [0, 0.05) is 18.2 Å². The Balaban J connectivity index is 1.74. The largest absolute Gasteiger partial charge is 0.512 e. The van der Waals surface area contributed by atoms with Gasteiger partial charge in [-0.3, -0.25) is 9.59 Å². The maximum Gasteiger partial charge on any atom is 0.512 e. The van der Waals surface area contributed by atoms with Crippen LogP contribution in [0.3, 0.4) is 0 Å². The number of aromatic nitrogens is 1. The molecule has 38 heavy (non-hydrogen) atoms. The second-order valence-corrected chi connectivity index (χ2v) is 9.86. The molecule has 0 bridgehead atoms. The quantitative estimate of drug-likeness (QED) is 0.106. The second kappa shape index (κ2) is 15.0. The van der Waals surface area contributed by atoms with E-state index in [2.05, 4.69) is 6.92 Å². The molecule has 3 aromatic rings. The van der Waals surface area contributed by atoms with Crippen LogP contribution in [0.1, 0.15) is 99.0 Å². The van der Waals surface area contributed by atoms with Gasteiger partial charge in [-0.2, -0.15) is 0 Å². The number of benzene rings is 2. The van der Waals surface area contributed by atoms with Crippen molar-refractivity contribution < 1.29 is 29.3 Å². The van der Waals surface area contributed by atoms with E-state index in [-0.39, 0.29) is 18.1 Å². The first kappa shape index (κ1) is 29.0. The average molecular weight is 522 g/mol. The summed E-state index contributed by atoms with van der Waals surface area (Å²) in [4.78, 5) is 35.9. The van der Waals surface area contributed by atoms with Crippen LogP contribution in [0.5, 0.6) is 5.88 Å². The molecule has 3 rings (SSSR count). The normalized spacial score (nSPS) is 11.1. The van der Waals surface area contributed by atoms with Gasteiger partial charge in [0.1, 0.15) is 0 Å². The number of ether oxygens (including phenoxy) is 1. The second-order valence-electron chi connectivity index (χ2n) is 9.86. The number of Topliss-reactive ketones (excluding diaryl/α,β-unsaturated/α-hetero) is 1. The maximum atomic E-state index is 13.4. The molecule has 7 nitrogen and oxygen atoms in total. The molecule has 1 aromatic heterocycles. The van der Waals surface area contributed by atoms with Crippen LogP contribution in [0.2, 0.25) is 0 Å². The van der Waals surface area contributed by atoms with Gasteiger partial charge in [-0.25, -0.2) is 4.79 Å². The molecule has 0 aliphatic rings. The van der Waals surface area contributed by atoms with Crippen molar-refractivity contribution >= 4 is 28.8 Å². The van der Waals surface area contributed by atoms with Crippen molar-refractivity contribution in [3.63, 3.8) is 0 Å². The standard InChI is InChI=1S/C31H39NO6/c1-2-3-4-5-6-7-8-9-10-15-27(33)29-25-13-11-12-14-26(25)32(30(29)38-31(36)37)22-24-18-16-23(17-19-24)20-21-28(34)35/h11-14,16-19H,2-10,15,20-22H2,1H3,(H,34,35)(H,36,37). The Morgan fingerprint density at radius 2 is 1.37 bits per heavy atom. The maximum absolute atomic E-state index is 13.4. The topological polar surface area (TPSA) is 106 Å². The van der Waals surface area contributed by atoms with Gasteiger partial charge in [-0.15, -0.1) is 0 Å². The first-order chi connectivity index (χ1) is 18.4. The smallest absolute Gasteiger partial charge is 0.481 e. The van der Waals surface area contributed by atoms with Crippen LogP contribution in [-0.2, 0) is 17.8 Å². The van der Waals surface area contributed by atoms with Crippen LogP contribution in [0.4, 0.5) is 4.79 Å². The van der Waals surface area contributed by atoms with Crippen LogP contribution in [0.15, 0.2) is 48.5 Å². The van der Waals surface area contributed by atoms with Crippen molar-refractivity contribution in [3.8, 4) is 5.88 Å². The highest BCUT2D eigenvalue weighted by Gasteiger charge is 2.25. The first-order valence-electron chi connectivity index (χ1n) is 13.8. The fraction of sp³-hybridized carbons (Fsp3) is 0.452. The van der Waals surface area contributed by atoms with Crippen LogP contribution in [-0.4, -0.2) is 32.7 Å². The van der Waals surface area contributed by atoms with Crippen LogP contribution < -0.4 is 4.74 Å². The minimum atomic E-state index is -1.46. The van der Waals surface area contributed by atoms with E-state index < -0.39 is 12.1 Å². The number of rotatable bonds is 17. The van der Waals surface area contributed by atoms with Gasteiger partial charge < -0.3 is 19.5 Å². The van der Waals surface area contributed by atoms with Crippen LogP contribution >= 0.6 is 0 Å². The Kier molecular flexibility index (Phi) is 11.4. The number of fused-ring (bicyclic) bond motifs is 1. The fourth-order valence-corrected chi connectivity index (χ4v) is 4.86. The van der Waals surface area contributed by atoms with E-state index in [0.29, 0.717) is 30.3 Å². The van der Waals surface area contributed by atoms with Crippen LogP contribution in [0.25, 0.3) is 10.9 Å². The number of hydrogen-bond donors (Lipinski definition) is 2. The summed E-state index contributed by atoms with van der Waals surface area (Å²) in [6.07, 6.45) is 9.73. The van der Waals surface area contributed by atoms with Crippen molar-refractivity contribution in [2.45, 2.75) is 90.5 Å². The SMILES string of the molecule is CCCCCCCCCCCC(=O)c1c(OC(=O)O)n(Cc2ccc(CCC(=O)O)cc2)c2ccccc12. The number of para-hydroxylation sites is 1. The first-order valence-corrected chi connectivity index (χ1v) is 13.8. The lowest BCUT2D eigenvalue weighted by atomic mass is 10.0. The Morgan fingerprint density at radius 1 is 0.763 bits per heavy atom. The third-order valence-corrected chi connectivity index (χ3v) is 6.88. The highest BCUT2D eigenvalue weighted by molar-refractivity contribution is 6.11. The minimum Gasteiger partial charge on any atom is -0.481 e. The van der Waals surface area contributed by atoms with E-state index in [1.165, 1.54) is 38.5 Å². The molecular weight excluding hydrogens is 482 g/mol. The summed E-state index contributed by atoms with van der Waals surface area (Å²) in [7, 11) is 0. The fourth-order valence-electron chi connectivity index (χ4n) is 4.86. The number of ketones is 1. The molecule has 2 N–H and O–H groups in total. The molecular formula is C31H39NO6. The number of carboxylic acid groups (broad SMARTS) is 2. The lowest BCUT2D eigenvalue weighted by Gasteiger charge is -2.11. The zero-order chi connectivity index (χ0) is 27.3. The van der Waals surface area contributed by atoms with E-state index in [0.717, 1.165) is 35.9 Å². The Labute approximate surface area is 224 Å². The van der Waals surface area contributed by atoms with E-state index in [4.69, 9.17) is 9.84 Å². The number of nitrogens with zero attached hydrogens (tertiary/aromatic N) is 1. The summed E-state index contributed by atoms with van der Waals surface area (Å²) in [5.74, 6) is -0.902. The molecule has 204 valence electrons. The molecule has 0 saturated carbocycles. The summed E-state index contributed by atoms with van der Waals surface area (Å²) in [6.45, 7) is 2.53. The van der Waals surface area contributed by atoms with Gasteiger partial charge in [0.05, 0.1) is 17.6 Å². The van der Waals surface area contributed by atoms with E-state index in [9.17, 15) is 19.5 Å². The van der Waals surface area contributed by atoms with Gasteiger partial charge in [0.2, 0.25) is 5.88 Å². The molecule has 0 saturated heterocycles. The lowest BCUT2D eigenvalue weighted by molar-refractivity contribution is -0.136. The molecule has 0 radical (unpaired) electrons. The molecule has 0 aliphatic carbocycles. The summed E-state index contributed by atoms with van der Waals surface area (Å²) < 4.78 is 6.96. The highest BCUT2D eigenvalue weighted by atomic mass is 16.7. The molecule has 0 amide bonds. The van der Waals surface area contributed by atoms with Gasteiger partial charge >= 0.3 is 12.1 Å². The number of aryl methyl sites for hydroxylation is 1. The van der Waals surface area contributed by atoms with E-state index in [1.807, 2.05) is 48.5 Å². The van der Waals surface area contributed by atoms with Crippen molar-refractivity contribution in [2.24, 2.45) is 0 Å². The Bertz CT molecular complexity index is 1210. The monoisotopic (exact) mass is 521 g/mol. The van der Waals surface area contributed by atoms with Gasteiger partial charge in [-0.1, -0.05) is 101 Å². The number of carboxylic acids is 1. The molecule has 1 heterocycles. The number of aliphatic carboxylic acids is 1. The van der Waals surface area contributed by atoms with Crippen molar-refractivity contribution in [2.75, 3.05) is 0 Å². The van der Waals surface area contributed by atoms with Crippen molar-refractivity contribution in [1.29, 1.82) is 0 Å². The van der Waals surface area contributed by atoms with Crippen molar-refractivity contribution in [3.05, 3.63) is 65.2 Å². The van der Waals surface area contributed by atoms with Gasteiger partial charge in [0.25, 0.3) is 0 Å². The minimum absolute atomic E-state index is 0.0505. The summed E-state index contributed by atoms with van der Waals surface area (Å²) >= 11 is 0. The zero-order valence-corrected chi connectivity index (χ0v) is 22.3. The number of unbranched alkanes of at least 4 members (excludes halogenated alkanes) is 8. The third kappa shape index (κ3) is 8.47. The molecule has 0 spiro atoms. The van der Waals surface area contributed by atoms with Crippen molar-refractivity contribution in [1.82, 2.24) is 4.57 Å². The summed E-state index contributed by atoms with van der Waals surface area (Å²) in [5.41, 5.74) is 2.85. The Hall–Kier alpha value is -3.61. The Morgan fingerprint density at radius 3 is 2.00 bits per heavy atom. The number of carbonyl (C=O) groups is 3. The number of hydrogen-bond acceptors (Lipinski definition) is 4. The van der Waals surface area contributed by atoms with Gasteiger partial charge in [0.15, 0.2) is 5.78 Å². The zero-order valence-electron chi connectivity index (χ0n) is 22.3. The number of carbonyl (C=O) groups excluding carboxylic acids is 1. The average Bonchev–Trinajstić information content (AvgIpc) is 3.19. The summed E-state index contributed by atoms with van der Waals surface area (Å²) in [6, 6.07) is 14.9. The molecule has 0 aliphatic heterocycles. The van der Waals surface area contributed by atoms with E-state index >= 15 is 0 Å². The molecule has 2 aromatic carbocycles. The lowest BCUT2D eigenvalue weighted by Crippen LogP contribution is -2.12.